The van der Waals surface area contributed by atoms with Crippen molar-refractivity contribution in [3.8, 4) is 0 Å². The fraction of sp³-hybridized carbons (Fsp3) is 1.00. The predicted molar refractivity (Wildman–Crippen MR) is 41.4 cm³/mol. The second kappa shape index (κ2) is 28.4. The van der Waals surface area contributed by atoms with Crippen LogP contribution in [0.25, 0.3) is 0 Å². The van der Waals surface area contributed by atoms with Crippen LogP contribution in [0, 0.1) is 0 Å². The van der Waals surface area contributed by atoms with Gasteiger partial charge in [0.1, 0.15) is 0 Å². The van der Waals surface area contributed by atoms with Gasteiger partial charge >= 0.3 is 0 Å². The molecule has 1 aliphatic heterocycles. The Bertz CT molecular complexity index is 11.2. The van der Waals surface area contributed by atoms with Crippen molar-refractivity contribution in [2.75, 3.05) is 13.2 Å². The van der Waals surface area contributed by atoms with Gasteiger partial charge in [0.25, 0.3) is 0 Å². The lowest BCUT2D eigenvalue weighted by Gasteiger charge is -1.24. The average Bonchev–Trinajstić information content (AvgIpc) is 1.46. The van der Waals surface area contributed by atoms with E-state index >= 15 is 0 Å². The van der Waals surface area contributed by atoms with Crippen molar-refractivity contribution in [1.29, 1.82) is 0 Å². The molecule has 0 amide bonds. The molecule has 0 bridgehead atoms. The van der Waals surface area contributed by atoms with Crippen LogP contribution in [0.5, 0.6) is 0 Å². The first kappa shape index (κ1) is 44.5. The van der Waals surface area contributed by atoms with Crippen molar-refractivity contribution < 1.29 is 10.2 Å². The van der Waals surface area contributed by atoms with Gasteiger partial charge in [0.05, 0.1) is 13.2 Å². The SMILES string of the molecule is C.C.C.C.C1CO1.O. The van der Waals surface area contributed by atoms with Crippen LogP contribution in [0.3, 0.4) is 0 Å². The van der Waals surface area contributed by atoms with E-state index in [-0.39, 0.29) is 35.2 Å². The fourth-order valence-corrected chi connectivity index (χ4v) is 0. The van der Waals surface area contributed by atoms with E-state index in [0.29, 0.717) is 0 Å². The molecule has 0 unspecified atom stereocenters. The quantitative estimate of drug-likeness (QED) is 0.456. The van der Waals surface area contributed by atoms with Crippen LogP contribution in [-0.4, -0.2) is 18.7 Å². The molecule has 1 fully saturated rings. The normalized spacial score (nSPS) is 9.00. The molecule has 2 nitrogen and oxygen atoms in total. The topological polar surface area (TPSA) is 44.0 Å². The summed E-state index contributed by atoms with van der Waals surface area (Å²) in [7, 11) is 0. The Morgan fingerprint density at radius 3 is 0.875 bits per heavy atom. The molecule has 58 valence electrons. The van der Waals surface area contributed by atoms with Crippen molar-refractivity contribution in [1.82, 2.24) is 0 Å². The number of epoxide rings is 1. The van der Waals surface area contributed by atoms with Gasteiger partial charge in [-0.3, -0.25) is 0 Å². The highest BCUT2D eigenvalue weighted by atomic mass is 16.6. The van der Waals surface area contributed by atoms with E-state index < -0.39 is 0 Å². The Morgan fingerprint density at radius 1 is 0.750 bits per heavy atom. The van der Waals surface area contributed by atoms with E-state index in [2.05, 4.69) is 4.74 Å². The maximum atomic E-state index is 4.50. The summed E-state index contributed by atoms with van der Waals surface area (Å²) in [6.07, 6.45) is 0. The smallest absolute Gasteiger partial charge is 0.0701 e. The highest BCUT2D eigenvalue weighted by Gasteiger charge is 1.94. The second-order valence-electron chi connectivity index (χ2n) is 0.612. The summed E-state index contributed by atoms with van der Waals surface area (Å²) >= 11 is 0. The second-order valence-corrected chi connectivity index (χ2v) is 0.612. The molecule has 8 heavy (non-hydrogen) atoms. The Labute approximate surface area is 54.2 Å². The molecule has 2 N–H and O–H groups in total. The lowest BCUT2D eigenvalue weighted by molar-refractivity contribution is 0.475. The largest absolute Gasteiger partial charge is 0.412 e. The summed E-state index contributed by atoms with van der Waals surface area (Å²) in [5.74, 6) is 0. The molecular formula is C6H22O2. The zero-order chi connectivity index (χ0) is 2.12. The number of hydrogen-bond acceptors (Lipinski definition) is 1. The highest BCUT2D eigenvalue weighted by molar-refractivity contribution is 4.36. The Balaban J connectivity index is -0.00000000600. The van der Waals surface area contributed by atoms with Crippen molar-refractivity contribution in [3.05, 3.63) is 0 Å². The number of ether oxygens (including phenoxy) is 1. The van der Waals surface area contributed by atoms with Crippen LogP contribution in [0.2, 0.25) is 0 Å². The Morgan fingerprint density at radius 2 is 0.875 bits per heavy atom. The van der Waals surface area contributed by atoms with Gasteiger partial charge in [-0.2, -0.15) is 0 Å². The van der Waals surface area contributed by atoms with Crippen LogP contribution < -0.4 is 0 Å². The van der Waals surface area contributed by atoms with Crippen LogP contribution in [0.4, 0.5) is 0 Å². The van der Waals surface area contributed by atoms with E-state index in [1.807, 2.05) is 0 Å². The summed E-state index contributed by atoms with van der Waals surface area (Å²) in [5, 5.41) is 0. The van der Waals surface area contributed by atoms with E-state index in [1.165, 1.54) is 0 Å². The third-order valence-electron chi connectivity index (χ3n) is 0.204. The van der Waals surface area contributed by atoms with Gasteiger partial charge in [0, 0.05) is 0 Å². The van der Waals surface area contributed by atoms with Gasteiger partial charge in [0.2, 0.25) is 0 Å². The van der Waals surface area contributed by atoms with Crippen molar-refractivity contribution in [2.24, 2.45) is 0 Å². The zero-order valence-corrected chi connectivity index (χ0v) is 2.32. The highest BCUT2D eigenvalue weighted by Crippen LogP contribution is 1.84. The summed E-state index contributed by atoms with van der Waals surface area (Å²) < 4.78 is 4.50. The summed E-state index contributed by atoms with van der Waals surface area (Å²) in [6, 6.07) is 0. The van der Waals surface area contributed by atoms with Crippen molar-refractivity contribution in [3.63, 3.8) is 0 Å². The number of rotatable bonds is 0. The lowest BCUT2D eigenvalue weighted by atomic mass is 11.0. The minimum absolute atomic E-state index is 0. The standard InChI is InChI=1S/C2H4O.4CH4.H2O/c1-2-3-1;;;;;/h1-2H2;4*1H4;1H2. The molecule has 0 aromatic rings. The number of hydrogen-bond donors (Lipinski definition) is 0. The van der Waals surface area contributed by atoms with Crippen LogP contribution in [0.15, 0.2) is 0 Å². The van der Waals surface area contributed by atoms with Crippen LogP contribution >= 0.6 is 0 Å². The average molecular weight is 126 g/mol. The third kappa shape index (κ3) is 169. The molecule has 1 aliphatic rings. The van der Waals surface area contributed by atoms with Gasteiger partial charge < -0.3 is 10.2 Å². The monoisotopic (exact) mass is 126 g/mol. The van der Waals surface area contributed by atoms with Gasteiger partial charge in [-0.05, 0) is 0 Å². The van der Waals surface area contributed by atoms with E-state index in [1.54, 1.807) is 0 Å². The Hall–Kier alpha value is -0.0800. The van der Waals surface area contributed by atoms with E-state index in [0.717, 1.165) is 13.2 Å². The molecule has 0 radical (unpaired) electrons. The van der Waals surface area contributed by atoms with E-state index in [4.69, 9.17) is 0 Å². The molecule has 1 heterocycles. The lowest BCUT2D eigenvalue weighted by Crippen LogP contribution is -1.20. The minimum atomic E-state index is 0. The van der Waals surface area contributed by atoms with Gasteiger partial charge in [-0.25, -0.2) is 0 Å². The van der Waals surface area contributed by atoms with Crippen molar-refractivity contribution >= 4 is 0 Å². The Kier molecular flexibility index (Phi) is 158. The molecule has 0 atom stereocenters. The van der Waals surface area contributed by atoms with Crippen LogP contribution in [-0.2, 0) is 4.74 Å². The van der Waals surface area contributed by atoms with Crippen molar-refractivity contribution in [2.45, 2.75) is 29.7 Å². The molecule has 0 aromatic heterocycles. The molecular weight excluding hydrogens is 104 g/mol. The summed E-state index contributed by atoms with van der Waals surface area (Å²) in [5.41, 5.74) is 0. The third-order valence-corrected chi connectivity index (χ3v) is 0.204. The van der Waals surface area contributed by atoms with Gasteiger partial charge in [0.15, 0.2) is 0 Å². The summed E-state index contributed by atoms with van der Waals surface area (Å²) in [4.78, 5) is 0. The molecule has 2 heteroatoms. The zero-order valence-electron chi connectivity index (χ0n) is 2.32. The maximum Gasteiger partial charge on any atom is 0.0701 e. The molecule has 0 saturated carbocycles. The molecule has 0 aromatic carbocycles. The molecule has 1 rings (SSSR count). The fourth-order valence-electron chi connectivity index (χ4n) is 0. The predicted octanol–water partition coefficient (Wildman–Crippen LogP) is 1.74. The molecule has 1 saturated heterocycles. The molecule has 0 aliphatic carbocycles. The first-order valence-corrected chi connectivity index (χ1v) is 1.08. The molecule has 0 spiro atoms. The van der Waals surface area contributed by atoms with Gasteiger partial charge in [-0.1, -0.05) is 29.7 Å². The van der Waals surface area contributed by atoms with Gasteiger partial charge in [-0.15, -0.1) is 0 Å². The minimum Gasteiger partial charge on any atom is -0.412 e. The maximum absolute atomic E-state index is 4.50. The van der Waals surface area contributed by atoms with Crippen LogP contribution in [0.1, 0.15) is 29.7 Å². The first-order chi connectivity index (χ1) is 1.50. The van der Waals surface area contributed by atoms with E-state index in [9.17, 15) is 0 Å². The summed E-state index contributed by atoms with van der Waals surface area (Å²) in [6.45, 7) is 2.00. The first-order valence-electron chi connectivity index (χ1n) is 1.08.